The van der Waals surface area contributed by atoms with Crippen LogP contribution in [0.2, 0.25) is 5.02 Å². The Hall–Kier alpha value is -4.70. The van der Waals surface area contributed by atoms with Gasteiger partial charge in [-0.15, -0.1) is 23.1 Å². The summed E-state index contributed by atoms with van der Waals surface area (Å²) in [5.74, 6) is -0.680. The molecule has 0 radical (unpaired) electrons. The predicted molar refractivity (Wildman–Crippen MR) is 174 cm³/mol. The number of anilines is 2. The zero-order chi connectivity index (χ0) is 30.0. The van der Waals surface area contributed by atoms with E-state index in [1.807, 2.05) is 66.0 Å². The van der Waals surface area contributed by atoms with Crippen molar-refractivity contribution >= 4 is 70.0 Å². The second-order valence-electron chi connectivity index (χ2n) is 9.13. The lowest BCUT2D eigenvalue weighted by Crippen LogP contribution is -2.30. The molecule has 3 amide bonds. The molecule has 0 aliphatic heterocycles. The van der Waals surface area contributed by atoms with E-state index in [1.165, 1.54) is 29.3 Å². The summed E-state index contributed by atoms with van der Waals surface area (Å²) < 4.78 is 0. The third kappa shape index (κ3) is 8.42. The van der Waals surface area contributed by atoms with Crippen molar-refractivity contribution < 1.29 is 14.4 Å². The van der Waals surface area contributed by atoms with Crippen LogP contribution in [-0.4, -0.2) is 22.7 Å². The monoisotopic (exact) mass is 624 g/mol. The minimum absolute atomic E-state index is 0.117. The van der Waals surface area contributed by atoms with E-state index in [0.717, 1.165) is 15.3 Å². The summed E-state index contributed by atoms with van der Waals surface area (Å²) in [6.45, 7) is 0. The van der Waals surface area contributed by atoms with Gasteiger partial charge < -0.3 is 16.0 Å². The molecule has 3 aromatic carbocycles. The Morgan fingerprint density at radius 1 is 0.814 bits per heavy atom. The number of aromatic nitrogens is 1. The van der Waals surface area contributed by atoms with Crippen molar-refractivity contribution in [2.24, 2.45) is 0 Å². The standard InChI is InChI=1S/C33H25ClN4O3S2/c34-24-13-18-29(35-21-24)38-33(41)30(22-8-3-1-4-9-22)43-26-16-14-25(15-17-26)36-32(40)28(20-27-12-7-19-42-27)37-31(39)23-10-5-2-6-11-23/h1-21,30H,(H,36,40)(H,37,39)(H,35,38,41)/b28-20-. The molecule has 1 atom stereocenters. The van der Waals surface area contributed by atoms with Crippen LogP contribution in [0.3, 0.4) is 0 Å². The maximum atomic E-state index is 13.3. The number of thiophene rings is 1. The highest BCUT2D eigenvalue weighted by Gasteiger charge is 2.23. The quantitative estimate of drug-likeness (QED) is 0.109. The van der Waals surface area contributed by atoms with Crippen LogP contribution < -0.4 is 16.0 Å². The lowest BCUT2D eigenvalue weighted by Gasteiger charge is -2.17. The largest absolute Gasteiger partial charge is 0.321 e. The molecule has 7 nitrogen and oxygen atoms in total. The Bertz CT molecular complexity index is 1710. The van der Waals surface area contributed by atoms with Gasteiger partial charge in [0.25, 0.3) is 11.8 Å². The van der Waals surface area contributed by atoms with E-state index in [2.05, 4.69) is 20.9 Å². The van der Waals surface area contributed by atoms with E-state index >= 15 is 0 Å². The number of halogens is 1. The van der Waals surface area contributed by atoms with Crippen molar-refractivity contribution in [3.8, 4) is 0 Å². The number of carbonyl (C=O) groups excluding carboxylic acids is 3. The molecule has 0 bridgehead atoms. The zero-order valence-corrected chi connectivity index (χ0v) is 25.0. The van der Waals surface area contributed by atoms with E-state index in [1.54, 1.807) is 54.6 Å². The molecule has 0 saturated heterocycles. The summed E-state index contributed by atoms with van der Waals surface area (Å²) in [5.41, 5.74) is 1.92. The van der Waals surface area contributed by atoms with Gasteiger partial charge in [0, 0.05) is 27.2 Å². The van der Waals surface area contributed by atoms with Crippen LogP contribution >= 0.6 is 34.7 Å². The number of nitrogens with zero attached hydrogens (tertiary/aromatic N) is 1. The number of amides is 3. The Balaban J connectivity index is 1.30. The summed E-state index contributed by atoms with van der Waals surface area (Å²) in [4.78, 5) is 45.2. The third-order valence-electron chi connectivity index (χ3n) is 6.04. The topological polar surface area (TPSA) is 100 Å². The fourth-order valence-corrected chi connectivity index (χ4v) is 5.75. The van der Waals surface area contributed by atoms with E-state index in [0.29, 0.717) is 22.1 Å². The molecule has 1 unspecified atom stereocenters. The van der Waals surface area contributed by atoms with Gasteiger partial charge in [-0.25, -0.2) is 4.98 Å². The van der Waals surface area contributed by atoms with Crippen LogP contribution in [0.15, 0.2) is 131 Å². The van der Waals surface area contributed by atoms with Crippen molar-refractivity contribution in [2.75, 3.05) is 10.6 Å². The molecule has 2 aromatic heterocycles. The maximum Gasteiger partial charge on any atom is 0.272 e. The second-order valence-corrected chi connectivity index (χ2v) is 11.7. The Morgan fingerprint density at radius 2 is 1.53 bits per heavy atom. The molecule has 5 rings (SSSR count). The van der Waals surface area contributed by atoms with Crippen LogP contribution in [-0.2, 0) is 9.59 Å². The first-order valence-corrected chi connectivity index (χ1v) is 15.3. The molecule has 214 valence electrons. The number of nitrogens with one attached hydrogen (secondary N) is 3. The van der Waals surface area contributed by atoms with Crippen molar-refractivity contribution in [2.45, 2.75) is 10.1 Å². The van der Waals surface area contributed by atoms with Crippen molar-refractivity contribution in [3.05, 3.63) is 147 Å². The second kappa shape index (κ2) is 14.5. The van der Waals surface area contributed by atoms with Gasteiger partial charge in [-0.1, -0.05) is 66.2 Å². The van der Waals surface area contributed by atoms with E-state index in [9.17, 15) is 14.4 Å². The zero-order valence-electron chi connectivity index (χ0n) is 22.6. The molecule has 0 aliphatic carbocycles. The third-order valence-corrected chi connectivity index (χ3v) is 8.35. The molecule has 0 fully saturated rings. The van der Waals surface area contributed by atoms with Gasteiger partial charge >= 0.3 is 0 Å². The highest BCUT2D eigenvalue weighted by atomic mass is 35.5. The molecule has 2 heterocycles. The van der Waals surface area contributed by atoms with E-state index in [4.69, 9.17) is 11.6 Å². The number of thioether (sulfide) groups is 1. The molecule has 0 aliphatic rings. The molecular weight excluding hydrogens is 600 g/mol. The van der Waals surface area contributed by atoms with Gasteiger partial charge in [0.05, 0.1) is 5.02 Å². The number of benzene rings is 3. The Labute approximate surface area is 262 Å². The fraction of sp³-hybridized carbons (Fsp3) is 0.0303. The van der Waals surface area contributed by atoms with Gasteiger partial charge in [0.2, 0.25) is 5.91 Å². The van der Waals surface area contributed by atoms with Crippen LogP contribution in [0, 0.1) is 0 Å². The van der Waals surface area contributed by atoms with Crippen LogP contribution in [0.25, 0.3) is 6.08 Å². The normalized spacial score (nSPS) is 11.8. The van der Waals surface area contributed by atoms with Crippen molar-refractivity contribution in [1.82, 2.24) is 10.3 Å². The van der Waals surface area contributed by atoms with Crippen LogP contribution in [0.4, 0.5) is 11.5 Å². The predicted octanol–water partition coefficient (Wildman–Crippen LogP) is 7.68. The van der Waals surface area contributed by atoms with Gasteiger partial charge in [0.15, 0.2) is 0 Å². The van der Waals surface area contributed by atoms with Gasteiger partial charge in [-0.05, 0) is 71.6 Å². The fourth-order valence-electron chi connectivity index (χ4n) is 3.95. The molecular formula is C33H25ClN4O3S2. The first-order valence-electron chi connectivity index (χ1n) is 13.1. The lowest BCUT2D eigenvalue weighted by molar-refractivity contribution is -0.116. The summed E-state index contributed by atoms with van der Waals surface area (Å²) in [6.07, 6.45) is 3.12. The summed E-state index contributed by atoms with van der Waals surface area (Å²) in [6, 6.07) is 32.4. The average molecular weight is 625 g/mol. The number of rotatable bonds is 10. The van der Waals surface area contributed by atoms with E-state index < -0.39 is 11.2 Å². The Kier molecular flexibility index (Phi) is 10.0. The van der Waals surface area contributed by atoms with Gasteiger partial charge in [0.1, 0.15) is 16.8 Å². The first kappa shape index (κ1) is 29.8. The molecule has 5 aromatic rings. The van der Waals surface area contributed by atoms with Crippen molar-refractivity contribution in [1.29, 1.82) is 0 Å². The maximum absolute atomic E-state index is 13.3. The highest BCUT2D eigenvalue weighted by molar-refractivity contribution is 8.00. The first-order chi connectivity index (χ1) is 20.9. The summed E-state index contributed by atoms with van der Waals surface area (Å²) >= 11 is 8.75. The highest BCUT2D eigenvalue weighted by Crippen LogP contribution is 2.36. The van der Waals surface area contributed by atoms with Gasteiger partial charge in [-0.2, -0.15) is 0 Å². The number of pyridine rings is 1. The number of hydrogen-bond donors (Lipinski definition) is 3. The lowest BCUT2D eigenvalue weighted by atomic mass is 10.1. The molecule has 0 spiro atoms. The molecule has 10 heteroatoms. The van der Waals surface area contributed by atoms with Gasteiger partial charge in [-0.3, -0.25) is 14.4 Å². The van der Waals surface area contributed by atoms with E-state index in [-0.39, 0.29) is 17.5 Å². The average Bonchev–Trinajstić information content (AvgIpc) is 3.55. The minimum atomic E-state index is -0.562. The molecule has 3 N–H and O–H groups in total. The van der Waals surface area contributed by atoms with Crippen LogP contribution in [0.5, 0.6) is 0 Å². The number of hydrogen-bond acceptors (Lipinski definition) is 6. The summed E-state index contributed by atoms with van der Waals surface area (Å²) in [5, 5.41) is 10.3. The van der Waals surface area contributed by atoms with Crippen LogP contribution in [0.1, 0.15) is 26.0 Å². The minimum Gasteiger partial charge on any atom is -0.321 e. The smallest absolute Gasteiger partial charge is 0.272 e. The molecule has 0 saturated carbocycles. The molecule has 43 heavy (non-hydrogen) atoms. The number of carbonyl (C=O) groups is 3. The Morgan fingerprint density at radius 3 is 2.19 bits per heavy atom. The van der Waals surface area contributed by atoms with Crippen molar-refractivity contribution in [3.63, 3.8) is 0 Å². The summed E-state index contributed by atoms with van der Waals surface area (Å²) in [7, 11) is 0. The SMILES string of the molecule is O=C(Nc1ccc(SC(C(=O)Nc2ccc(Cl)cn2)c2ccccc2)cc1)/C(=C/c1cccs1)NC(=O)c1ccccc1.